The van der Waals surface area contributed by atoms with Gasteiger partial charge in [-0.1, -0.05) is 20.3 Å². The molecule has 0 saturated heterocycles. The molecule has 0 spiro atoms. The van der Waals surface area contributed by atoms with Crippen LogP contribution in [-0.2, 0) is 0 Å². The monoisotopic (exact) mass is 245 g/mol. The maximum absolute atomic E-state index is 4.37. The zero-order chi connectivity index (χ0) is 12.8. The Bertz CT molecular complexity index is 449. The lowest BCUT2D eigenvalue weighted by Crippen LogP contribution is -2.18. The fourth-order valence-corrected chi connectivity index (χ4v) is 1.90. The molecule has 5 heteroatoms. The Morgan fingerprint density at radius 3 is 2.78 bits per heavy atom. The van der Waals surface area contributed by atoms with E-state index in [1.165, 1.54) is 19.2 Å². The predicted octanol–water partition coefficient (Wildman–Crippen LogP) is 2.65. The van der Waals surface area contributed by atoms with Crippen molar-refractivity contribution < 1.29 is 0 Å². The molecule has 0 aromatic carbocycles. The minimum Gasteiger partial charge on any atom is -0.381 e. The second-order valence-electron chi connectivity index (χ2n) is 4.28. The second-order valence-corrected chi connectivity index (χ2v) is 4.28. The van der Waals surface area contributed by atoms with E-state index in [1.54, 1.807) is 11.0 Å². The maximum atomic E-state index is 4.37. The van der Waals surface area contributed by atoms with Gasteiger partial charge in [0.25, 0.3) is 0 Å². The van der Waals surface area contributed by atoms with Crippen molar-refractivity contribution in [3.05, 3.63) is 31.0 Å². The molecule has 1 atom stereocenters. The molecule has 2 heterocycles. The molecule has 96 valence electrons. The topological polar surface area (TPSA) is 55.6 Å². The van der Waals surface area contributed by atoms with Crippen molar-refractivity contribution in [2.75, 3.05) is 5.32 Å². The normalized spacial score (nSPS) is 12.3. The Kier molecular flexibility index (Phi) is 4.28. The van der Waals surface area contributed by atoms with Gasteiger partial charge in [0.15, 0.2) is 5.82 Å². The number of nitrogens with zero attached hydrogens (tertiary/aromatic N) is 4. The quantitative estimate of drug-likeness (QED) is 0.850. The van der Waals surface area contributed by atoms with Crippen LogP contribution in [0.1, 0.15) is 33.1 Å². The standard InChI is InChI=1S/C13H19N5/c1-3-5-11(4-2)17-12-6-7-13(15-8-12)18-10-14-9-16-18/h6-11,17H,3-5H2,1-2H3. The first-order valence-electron chi connectivity index (χ1n) is 6.41. The Morgan fingerprint density at radius 2 is 2.22 bits per heavy atom. The van der Waals surface area contributed by atoms with Crippen LogP contribution in [0.4, 0.5) is 5.69 Å². The van der Waals surface area contributed by atoms with E-state index >= 15 is 0 Å². The summed E-state index contributed by atoms with van der Waals surface area (Å²) in [7, 11) is 0. The SMILES string of the molecule is CCCC(CC)Nc1ccc(-n2cncn2)nc1. The lowest BCUT2D eigenvalue weighted by atomic mass is 10.1. The number of hydrogen-bond acceptors (Lipinski definition) is 4. The minimum atomic E-state index is 0.522. The molecular weight excluding hydrogens is 226 g/mol. The number of pyridine rings is 1. The first-order chi connectivity index (χ1) is 8.83. The summed E-state index contributed by atoms with van der Waals surface area (Å²) in [5.41, 5.74) is 1.05. The van der Waals surface area contributed by atoms with E-state index in [0.717, 1.165) is 17.9 Å². The van der Waals surface area contributed by atoms with E-state index in [4.69, 9.17) is 0 Å². The van der Waals surface area contributed by atoms with Crippen LogP contribution >= 0.6 is 0 Å². The largest absolute Gasteiger partial charge is 0.381 e. The van der Waals surface area contributed by atoms with Gasteiger partial charge < -0.3 is 5.32 Å². The smallest absolute Gasteiger partial charge is 0.155 e. The van der Waals surface area contributed by atoms with Crippen molar-refractivity contribution in [1.29, 1.82) is 0 Å². The van der Waals surface area contributed by atoms with Crippen LogP contribution in [-0.4, -0.2) is 25.8 Å². The van der Waals surface area contributed by atoms with Crippen LogP contribution < -0.4 is 5.32 Å². The summed E-state index contributed by atoms with van der Waals surface area (Å²) in [5, 5.41) is 7.54. The zero-order valence-electron chi connectivity index (χ0n) is 10.9. The summed E-state index contributed by atoms with van der Waals surface area (Å²) in [6.45, 7) is 4.40. The number of rotatable bonds is 6. The number of nitrogens with one attached hydrogen (secondary N) is 1. The summed E-state index contributed by atoms with van der Waals surface area (Å²) in [6.07, 6.45) is 8.48. The highest BCUT2D eigenvalue weighted by Crippen LogP contribution is 2.13. The van der Waals surface area contributed by atoms with Gasteiger partial charge in [-0.15, -0.1) is 0 Å². The van der Waals surface area contributed by atoms with Gasteiger partial charge in [-0.05, 0) is 25.0 Å². The van der Waals surface area contributed by atoms with Crippen molar-refractivity contribution in [2.45, 2.75) is 39.2 Å². The van der Waals surface area contributed by atoms with E-state index in [-0.39, 0.29) is 0 Å². The molecule has 2 aromatic rings. The molecule has 2 rings (SSSR count). The third-order valence-corrected chi connectivity index (χ3v) is 2.90. The van der Waals surface area contributed by atoms with Crippen molar-refractivity contribution in [3.63, 3.8) is 0 Å². The fraction of sp³-hybridized carbons (Fsp3) is 0.462. The Labute approximate surface area is 107 Å². The molecule has 0 aliphatic heterocycles. The van der Waals surface area contributed by atoms with Crippen LogP contribution in [0.2, 0.25) is 0 Å². The summed E-state index contributed by atoms with van der Waals surface area (Å²) < 4.78 is 1.65. The molecule has 18 heavy (non-hydrogen) atoms. The molecule has 0 fully saturated rings. The van der Waals surface area contributed by atoms with Crippen molar-refractivity contribution in [2.24, 2.45) is 0 Å². The number of hydrogen-bond donors (Lipinski definition) is 1. The Hall–Kier alpha value is -1.91. The third-order valence-electron chi connectivity index (χ3n) is 2.90. The molecular formula is C13H19N5. The molecule has 1 unspecified atom stereocenters. The van der Waals surface area contributed by atoms with Gasteiger partial charge in [0.2, 0.25) is 0 Å². The van der Waals surface area contributed by atoms with Gasteiger partial charge in [-0.25, -0.2) is 14.6 Å². The van der Waals surface area contributed by atoms with E-state index < -0.39 is 0 Å². The Morgan fingerprint density at radius 1 is 1.33 bits per heavy atom. The van der Waals surface area contributed by atoms with Crippen LogP contribution in [0.25, 0.3) is 5.82 Å². The zero-order valence-corrected chi connectivity index (χ0v) is 10.9. The minimum absolute atomic E-state index is 0.522. The lowest BCUT2D eigenvalue weighted by molar-refractivity contribution is 0.622. The molecule has 0 aliphatic rings. The number of anilines is 1. The van der Waals surface area contributed by atoms with E-state index in [9.17, 15) is 0 Å². The van der Waals surface area contributed by atoms with Crippen LogP contribution in [0.3, 0.4) is 0 Å². The highest BCUT2D eigenvalue weighted by atomic mass is 15.3. The summed E-state index contributed by atoms with van der Waals surface area (Å²) in [5.74, 6) is 0.779. The highest BCUT2D eigenvalue weighted by Gasteiger charge is 2.05. The molecule has 1 N–H and O–H groups in total. The fourth-order valence-electron chi connectivity index (χ4n) is 1.90. The van der Waals surface area contributed by atoms with Crippen molar-refractivity contribution in [1.82, 2.24) is 19.7 Å². The molecule has 0 radical (unpaired) electrons. The second kappa shape index (κ2) is 6.14. The van der Waals surface area contributed by atoms with Crippen LogP contribution in [0.15, 0.2) is 31.0 Å². The summed E-state index contributed by atoms with van der Waals surface area (Å²) >= 11 is 0. The highest BCUT2D eigenvalue weighted by molar-refractivity contribution is 5.44. The first kappa shape index (κ1) is 12.5. The number of aromatic nitrogens is 4. The van der Waals surface area contributed by atoms with Gasteiger partial charge in [0.1, 0.15) is 12.7 Å². The van der Waals surface area contributed by atoms with E-state index in [1.807, 2.05) is 18.3 Å². The molecule has 0 amide bonds. The van der Waals surface area contributed by atoms with Gasteiger partial charge >= 0.3 is 0 Å². The van der Waals surface area contributed by atoms with Gasteiger partial charge in [-0.3, -0.25) is 0 Å². The molecule has 0 aliphatic carbocycles. The van der Waals surface area contributed by atoms with Crippen molar-refractivity contribution >= 4 is 5.69 Å². The van der Waals surface area contributed by atoms with Crippen molar-refractivity contribution in [3.8, 4) is 5.82 Å². The first-order valence-corrected chi connectivity index (χ1v) is 6.41. The van der Waals surface area contributed by atoms with Gasteiger partial charge in [0, 0.05) is 6.04 Å². The van der Waals surface area contributed by atoms with Gasteiger partial charge in [-0.2, -0.15) is 5.10 Å². The molecule has 0 saturated carbocycles. The van der Waals surface area contributed by atoms with Crippen LogP contribution in [0.5, 0.6) is 0 Å². The van der Waals surface area contributed by atoms with Crippen LogP contribution in [0, 0.1) is 0 Å². The average molecular weight is 245 g/mol. The van der Waals surface area contributed by atoms with E-state index in [0.29, 0.717) is 6.04 Å². The molecule has 0 bridgehead atoms. The Balaban J connectivity index is 2.03. The third kappa shape index (κ3) is 3.06. The maximum Gasteiger partial charge on any atom is 0.155 e. The van der Waals surface area contributed by atoms with Gasteiger partial charge in [0.05, 0.1) is 11.9 Å². The molecule has 2 aromatic heterocycles. The lowest BCUT2D eigenvalue weighted by Gasteiger charge is -2.17. The summed E-state index contributed by atoms with van der Waals surface area (Å²) in [4.78, 5) is 8.27. The molecule has 5 nitrogen and oxygen atoms in total. The summed E-state index contributed by atoms with van der Waals surface area (Å²) in [6, 6.07) is 4.49. The van der Waals surface area contributed by atoms with E-state index in [2.05, 4.69) is 34.2 Å². The average Bonchev–Trinajstić information content (AvgIpc) is 2.93. The predicted molar refractivity (Wildman–Crippen MR) is 71.8 cm³/mol.